The largest absolute Gasteiger partial charge is 0.480 e. The lowest BCUT2D eigenvalue weighted by Gasteiger charge is -2.43. The van der Waals surface area contributed by atoms with E-state index in [1.165, 1.54) is 16.4 Å². The molecule has 2 aliphatic heterocycles. The van der Waals surface area contributed by atoms with Gasteiger partial charge in [0.25, 0.3) is 5.91 Å². The molecule has 4 heterocycles. The van der Waals surface area contributed by atoms with Gasteiger partial charge in [0.1, 0.15) is 0 Å². The summed E-state index contributed by atoms with van der Waals surface area (Å²) in [6.07, 6.45) is 1.92. The summed E-state index contributed by atoms with van der Waals surface area (Å²) in [5.74, 6) is 0.620. The van der Waals surface area contributed by atoms with Gasteiger partial charge in [-0.15, -0.1) is 0 Å². The van der Waals surface area contributed by atoms with Crippen LogP contribution >= 0.6 is 11.5 Å². The molecule has 146 valence electrons. The number of carbonyl (C=O) groups excluding carboxylic acids is 1. The Hall–Kier alpha value is -1.97. The second-order valence-electron chi connectivity index (χ2n) is 7.46. The molecule has 2 aliphatic rings. The Morgan fingerprint density at radius 1 is 1.37 bits per heavy atom. The van der Waals surface area contributed by atoms with Gasteiger partial charge < -0.3 is 14.4 Å². The number of likely N-dealkylation sites (tertiary alicyclic amines) is 1. The molecule has 0 aliphatic carbocycles. The normalized spacial score (nSPS) is 19.1. The Labute approximate surface area is 162 Å². The van der Waals surface area contributed by atoms with Gasteiger partial charge in [-0.25, -0.2) is 0 Å². The molecular formula is C18H25N5O3S. The van der Waals surface area contributed by atoms with E-state index in [1.807, 2.05) is 16.8 Å². The molecule has 0 unspecified atom stereocenters. The third kappa shape index (κ3) is 3.71. The number of hydrogen-bond acceptors (Lipinski definition) is 7. The number of methoxy groups -OCH3 is 1. The Morgan fingerprint density at radius 2 is 2.15 bits per heavy atom. The molecule has 9 heteroatoms. The first-order chi connectivity index (χ1) is 13.0. The first-order valence-electron chi connectivity index (χ1n) is 9.12. The Balaban J connectivity index is 1.38. The molecule has 0 atom stereocenters. The molecule has 2 aromatic rings. The van der Waals surface area contributed by atoms with Crippen molar-refractivity contribution in [1.29, 1.82) is 0 Å². The van der Waals surface area contributed by atoms with Crippen LogP contribution in [0.15, 0.2) is 12.1 Å². The van der Waals surface area contributed by atoms with Gasteiger partial charge >= 0.3 is 0 Å². The summed E-state index contributed by atoms with van der Waals surface area (Å²) in [5, 5.41) is 4.53. The zero-order chi connectivity index (χ0) is 19.0. The molecule has 1 amide bonds. The van der Waals surface area contributed by atoms with E-state index in [9.17, 15) is 4.79 Å². The number of piperidine rings is 1. The van der Waals surface area contributed by atoms with E-state index in [1.54, 1.807) is 26.1 Å². The predicted molar refractivity (Wildman–Crippen MR) is 101 cm³/mol. The fourth-order valence-electron chi connectivity index (χ4n) is 3.69. The van der Waals surface area contributed by atoms with Gasteiger partial charge in [-0.2, -0.15) is 9.47 Å². The maximum atomic E-state index is 12.2. The molecular weight excluding hydrogens is 366 g/mol. The van der Waals surface area contributed by atoms with Gasteiger partial charge in [0.15, 0.2) is 5.69 Å². The molecule has 27 heavy (non-hydrogen) atoms. The van der Waals surface area contributed by atoms with E-state index in [0.717, 1.165) is 38.2 Å². The Kier molecular flexibility index (Phi) is 4.92. The van der Waals surface area contributed by atoms with Crippen molar-refractivity contribution in [2.45, 2.75) is 38.1 Å². The zero-order valence-corrected chi connectivity index (χ0v) is 16.8. The number of carbonyl (C=O) groups is 1. The van der Waals surface area contributed by atoms with Gasteiger partial charge in [0, 0.05) is 44.7 Å². The van der Waals surface area contributed by atoms with Crippen LogP contribution in [0.2, 0.25) is 0 Å². The lowest BCUT2D eigenvalue weighted by molar-refractivity contribution is -0.124. The molecule has 1 saturated heterocycles. The molecule has 8 nitrogen and oxygen atoms in total. The van der Waals surface area contributed by atoms with Crippen LogP contribution in [-0.4, -0.2) is 69.8 Å². The topological polar surface area (TPSA) is 72.7 Å². The van der Waals surface area contributed by atoms with Gasteiger partial charge in [0.2, 0.25) is 5.88 Å². The predicted octanol–water partition coefficient (Wildman–Crippen LogP) is 1.61. The summed E-state index contributed by atoms with van der Waals surface area (Å²) in [4.78, 5) is 17.4. The van der Waals surface area contributed by atoms with Crippen LogP contribution in [0, 0.1) is 0 Å². The summed E-state index contributed by atoms with van der Waals surface area (Å²) in [6.45, 7) is 4.07. The molecule has 0 saturated carbocycles. The lowest BCUT2D eigenvalue weighted by atomic mass is 9.90. The highest BCUT2D eigenvalue weighted by Gasteiger charge is 2.40. The highest BCUT2D eigenvalue weighted by atomic mass is 32.1. The first-order valence-corrected chi connectivity index (χ1v) is 9.90. The number of ether oxygens (including phenoxy) is 2. The monoisotopic (exact) mass is 391 g/mol. The van der Waals surface area contributed by atoms with Crippen LogP contribution in [0.25, 0.3) is 0 Å². The average Bonchev–Trinajstić information content (AvgIpc) is 3.29. The smallest absolute Gasteiger partial charge is 0.273 e. The fourth-order valence-corrected chi connectivity index (χ4v) is 4.42. The van der Waals surface area contributed by atoms with Crippen molar-refractivity contribution in [2.75, 3.05) is 34.3 Å². The third-order valence-corrected chi connectivity index (χ3v) is 6.10. The fraction of sp³-hybridized carbons (Fsp3) is 0.611. The summed E-state index contributed by atoms with van der Waals surface area (Å²) >= 11 is 1.50. The number of rotatable bonds is 4. The van der Waals surface area contributed by atoms with Gasteiger partial charge in [-0.05, 0) is 30.4 Å². The summed E-state index contributed by atoms with van der Waals surface area (Å²) < 4.78 is 17.7. The lowest BCUT2D eigenvalue weighted by Crippen LogP contribution is -2.50. The van der Waals surface area contributed by atoms with Crippen molar-refractivity contribution in [3.63, 3.8) is 0 Å². The second-order valence-corrected chi connectivity index (χ2v) is 8.35. The molecule has 0 bridgehead atoms. The third-order valence-electron chi connectivity index (χ3n) is 5.35. The van der Waals surface area contributed by atoms with E-state index in [0.29, 0.717) is 24.7 Å². The van der Waals surface area contributed by atoms with E-state index in [4.69, 9.17) is 9.47 Å². The second kappa shape index (κ2) is 7.21. The van der Waals surface area contributed by atoms with Crippen molar-refractivity contribution in [2.24, 2.45) is 0 Å². The van der Waals surface area contributed by atoms with E-state index in [-0.39, 0.29) is 11.5 Å². The minimum atomic E-state index is -0.181. The highest BCUT2D eigenvalue weighted by Crippen LogP contribution is 2.34. The maximum absolute atomic E-state index is 12.2. The standard InChI is InChI=1S/C18H25N5O3S/c1-21(2)17(24)15-8-13-11-26-18(12-23(13)19-15)4-6-22(7-5-18)10-14-9-16(25-3)20-27-14/h8-9H,4-7,10-12H2,1-3H3. The molecule has 0 aromatic carbocycles. The molecule has 1 fully saturated rings. The van der Waals surface area contributed by atoms with Crippen molar-refractivity contribution >= 4 is 17.4 Å². The minimum Gasteiger partial charge on any atom is -0.480 e. The Morgan fingerprint density at radius 3 is 2.81 bits per heavy atom. The number of nitrogens with zero attached hydrogens (tertiary/aromatic N) is 5. The molecule has 1 spiro atoms. The van der Waals surface area contributed by atoms with Crippen LogP contribution in [0.3, 0.4) is 0 Å². The number of hydrogen-bond donors (Lipinski definition) is 0. The molecule has 0 N–H and O–H groups in total. The average molecular weight is 391 g/mol. The summed E-state index contributed by atoms with van der Waals surface area (Å²) in [6, 6.07) is 3.85. The van der Waals surface area contributed by atoms with Crippen molar-refractivity contribution in [1.82, 2.24) is 24.0 Å². The van der Waals surface area contributed by atoms with Crippen molar-refractivity contribution < 1.29 is 14.3 Å². The number of fused-ring (bicyclic) bond motifs is 1. The molecule has 4 rings (SSSR count). The molecule has 2 aromatic heterocycles. The van der Waals surface area contributed by atoms with Crippen LogP contribution < -0.4 is 4.74 Å². The van der Waals surface area contributed by atoms with E-state index in [2.05, 4.69) is 14.4 Å². The SMILES string of the molecule is COc1cc(CN2CCC3(CC2)Cn2nc(C(=O)N(C)C)cc2CO3)sn1. The van der Waals surface area contributed by atoms with E-state index >= 15 is 0 Å². The number of aromatic nitrogens is 3. The van der Waals surface area contributed by atoms with Crippen molar-refractivity contribution in [3.8, 4) is 5.88 Å². The van der Waals surface area contributed by atoms with Gasteiger partial charge in [-0.3, -0.25) is 14.4 Å². The molecule has 0 radical (unpaired) electrons. The van der Waals surface area contributed by atoms with E-state index < -0.39 is 0 Å². The first kappa shape index (κ1) is 18.4. The Bertz CT molecular complexity index is 823. The quantitative estimate of drug-likeness (QED) is 0.789. The van der Waals surface area contributed by atoms with Gasteiger partial charge in [0.05, 0.1) is 31.6 Å². The zero-order valence-electron chi connectivity index (χ0n) is 16.0. The number of amides is 1. The van der Waals surface area contributed by atoms with Crippen LogP contribution in [0.4, 0.5) is 0 Å². The van der Waals surface area contributed by atoms with Crippen LogP contribution in [0.5, 0.6) is 5.88 Å². The van der Waals surface area contributed by atoms with Crippen molar-refractivity contribution in [3.05, 3.63) is 28.4 Å². The highest BCUT2D eigenvalue weighted by molar-refractivity contribution is 7.05. The maximum Gasteiger partial charge on any atom is 0.273 e. The summed E-state index contributed by atoms with van der Waals surface area (Å²) in [5.41, 5.74) is 1.29. The van der Waals surface area contributed by atoms with Gasteiger partial charge in [-0.1, -0.05) is 0 Å². The summed E-state index contributed by atoms with van der Waals surface area (Å²) in [7, 11) is 5.13. The minimum absolute atomic E-state index is 0.0687. The van der Waals surface area contributed by atoms with Crippen LogP contribution in [-0.2, 0) is 24.4 Å². The van der Waals surface area contributed by atoms with Crippen LogP contribution in [0.1, 0.15) is 33.9 Å².